The molecule has 2 unspecified atom stereocenters. The molecule has 1 amide bonds. The number of carbonyl (C=O) groups excluding carboxylic acids is 1. The smallest absolute Gasteiger partial charge is 0.222 e. The molecule has 1 aliphatic heterocycles. The molecule has 1 aromatic rings. The first-order valence-electron chi connectivity index (χ1n) is 7.82. The topological polar surface area (TPSA) is 56.8 Å². The lowest BCUT2D eigenvalue weighted by Crippen LogP contribution is -2.28. The van der Waals surface area contributed by atoms with Crippen molar-refractivity contribution in [2.24, 2.45) is 0 Å². The minimum atomic E-state index is -0.0955. The van der Waals surface area contributed by atoms with Gasteiger partial charge in [-0.3, -0.25) is 4.79 Å². The van der Waals surface area contributed by atoms with Gasteiger partial charge in [0.15, 0.2) is 0 Å². The van der Waals surface area contributed by atoms with Gasteiger partial charge in [-0.15, -0.1) is 0 Å². The van der Waals surface area contributed by atoms with Gasteiger partial charge in [-0.25, -0.2) is 0 Å². The lowest BCUT2D eigenvalue weighted by Gasteiger charge is -2.17. The number of ether oxygens (including phenoxy) is 3. The Labute approximate surface area is 131 Å². The number of methoxy groups -OCH3 is 1. The summed E-state index contributed by atoms with van der Waals surface area (Å²) in [5, 5.41) is 2.97. The molecule has 0 spiro atoms. The molecule has 0 aliphatic carbocycles. The summed E-state index contributed by atoms with van der Waals surface area (Å²) in [6.45, 7) is 3.77. The fourth-order valence-electron chi connectivity index (χ4n) is 2.57. The monoisotopic (exact) mass is 307 g/mol. The average Bonchev–Trinajstić information content (AvgIpc) is 3.04. The van der Waals surface area contributed by atoms with Crippen LogP contribution in [0.5, 0.6) is 5.75 Å². The van der Waals surface area contributed by atoms with Crippen LogP contribution in [0.3, 0.4) is 0 Å². The van der Waals surface area contributed by atoms with Crippen molar-refractivity contribution in [2.75, 3.05) is 26.9 Å². The molecular formula is C17H25NO4. The molecule has 1 aliphatic rings. The van der Waals surface area contributed by atoms with Gasteiger partial charge < -0.3 is 19.5 Å². The SMILES string of the molecule is COc1ccccc1C(C)NC(=O)CCOCC1CCCO1. The van der Waals surface area contributed by atoms with E-state index in [1.807, 2.05) is 31.2 Å². The molecule has 5 nitrogen and oxygen atoms in total. The maximum Gasteiger partial charge on any atom is 0.222 e. The van der Waals surface area contributed by atoms with Crippen molar-refractivity contribution in [3.63, 3.8) is 0 Å². The van der Waals surface area contributed by atoms with Crippen LogP contribution in [0.1, 0.15) is 37.8 Å². The van der Waals surface area contributed by atoms with Gasteiger partial charge in [-0.1, -0.05) is 18.2 Å². The third kappa shape index (κ3) is 5.00. The van der Waals surface area contributed by atoms with E-state index in [9.17, 15) is 4.79 Å². The average molecular weight is 307 g/mol. The van der Waals surface area contributed by atoms with E-state index < -0.39 is 0 Å². The molecule has 1 heterocycles. The Balaban J connectivity index is 1.69. The van der Waals surface area contributed by atoms with Crippen molar-refractivity contribution in [2.45, 2.75) is 38.3 Å². The van der Waals surface area contributed by atoms with Crippen molar-refractivity contribution in [1.82, 2.24) is 5.32 Å². The normalized spacial score (nSPS) is 18.9. The molecule has 0 aromatic heterocycles. The molecule has 22 heavy (non-hydrogen) atoms. The third-order valence-electron chi connectivity index (χ3n) is 3.78. The van der Waals surface area contributed by atoms with Gasteiger partial charge in [0, 0.05) is 18.6 Å². The van der Waals surface area contributed by atoms with Crippen molar-refractivity contribution < 1.29 is 19.0 Å². The van der Waals surface area contributed by atoms with E-state index in [1.165, 1.54) is 0 Å². The summed E-state index contributed by atoms with van der Waals surface area (Å²) in [5.74, 6) is 0.760. The highest BCUT2D eigenvalue weighted by molar-refractivity contribution is 5.76. The summed E-state index contributed by atoms with van der Waals surface area (Å²) < 4.78 is 16.3. The summed E-state index contributed by atoms with van der Waals surface area (Å²) in [4.78, 5) is 12.0. The highest BCUT2D eigenvalue weighted by Crippen LogP contribution is 2.24. The second-order valence-electron chi connectivity index (χ2n) is 5.49. The first-order chi connectivity index (χ1) is 10.7. The number of amides is 1. The lowest BCUT2D eigenvalue weighted by molar-refractivity contribution is -0.123. The van der Waals surface area contributed by atoms with Crippen LogP contribution in [0.15, 0.2) is 24.3 Å². The van der Waals surface area contributed by atoms with Gasteiger partial charge >= 0.3 is 0 Å². The fourth-order valence-corrected chi connectivity index (χ4v) is 2.57. The minimum Gasteiger partial charge on any atom is -0.496 e. The van der Waals surface area contributed by atoms with Crippen LogP contribution < -0.4 is 10.1 Å². The second-order valence-corrected chi connectivity index (χ2v) is 5.49. The molecule has 1 N–H and O–H groups in total. The standard InChI is InChI=1S/C17H25NO4/c1-13(15-7-3-4-8-16(15)20-2)18-17(19)9-11-21-12-14-6-5-10-22-14/h3-4,7-8,13-14H,5-6,9-12H2,1-2H3,(H,18,19). The number of carbonyl (C=O) groups is 1. The van der Waals surface area contributed by atoms with Crippen LogP contribution in [0.4, 0.5) is 0 Å². The van der Waals surface area contributed by atoms with Crippen LogP contribution in [0, 0.1) is 0 Å². The predicted octanol–water partition coefficient (Wildman–Crippen LogP) is 2.46. The van der Waals surface area contributed by atoms with E-state index in [0.717, 1.165) is 30.8 Å². The maximum atomic E-state index is 12.0. The Bertz CT molecular complexity index is 471. The molecule has 122 valence electrons. The van der Waals surface area contributed by atoms with Gasteiger partial charge in [-0.2, -0.15) is 0 Å². The predicted molar refractivity (Wildman–Crippen MR) is 84.0 cm³/mol. The van der Waals surface area contributed by atoms with Gasteiger partial charge in [0.2, 0.25) is 5.91 Å². The zero-order valence-corrected chi connectivity index (χ0v) is 13.3. The second kappa shape index (κ2) is 8.76. The molecule has 1 saturated heterocycles. The van der Waals surface area contributed by atoms with Gasteiger partial charge in [0.25, 0.3) is 0 Å². The highest BCUT2D eigenvalue weighted by Gasteiger charge is 2.16. The molecule has 2 rings (SSSR count). The zero-order valence-electron chi connectivity index (χ0n) is 13.3. The lowest BCUT2D eigenvalue weighted by atomic mass is 10.1. The maximum absolute atomic E-state index is 12.0. The van der Waals surface area contributed by atoms with E-state index in [2.05, 4.69) is 5.32 Å². The Morgan fingerprint density at radius 3 is 3.00 bits per heavy atom. The molecule has 5 heteroatoms. The van der Waals surface area contributed by atoms with E-state index in [1.54, 1.807) is 7.11 Å². The van der Waals surface area contributed by atoms with Crippen LogP contribution in [-0.4, -0.2) is 38.9 Å². The van der Waals surface area contributed by atoms with Crippen LogP contribution >= 0.6 is 0 Å². The minimum absolute atomic E-state index is 0.0225. The van der Waals surface area contributed by atoms with Crippen molar-refractivity contribution in [3.8, 4) is 5.75 Å². The van der Waals surface area contributed by atoms with E-state index >= 15 is 0 Å². The van der Waals surface area contributed by atoms with Crippen molar-refractivity contribution in [3.05, 3.63) is 29.8 Å². The highest BCUT2D eigenvalue weighted by atomic mass is 16.5. The molecule has 2 atom stereocenters. The molecular weight excluding hydrogens is 282 g/mol. The summed E-state index contributed by atoms with van der Waals surface area (Å²) >= 11 is 0. The Morgan fingerprint density at radius 1 is 1.45 bits per heavy atom. The Kier molecular flexibility index (Phi) is 6.68. The van der Waals surface area contributed by atoms with Crippen molar-refractivity contribution in [1.29, 1.82) is 0 Å². The number of hydrogen-bond acceptors (Lipinski definition) is 4. The molecule has 0 bridgehead atoms. The molecule has 1 aromatic carbocycles. The zero-order chi connectivity index (χ0) is 15.8. The third-order valence-corrected chi connectivity index (χ3v) is 3.78. The Morgan fingerprint density at radius 2 is 2.27 bits per heavy atom. The molecule has 1 fully saturated rings. The van der Waals surface area contributed by atoms with Gasteiger partial charge in [0.05, 0.1) is 32.5 Å². The van der Waals surface area contributed by atoms with Crippen molar-refractivity contribution >= 4 is 5.91 Å². The van der Waals surface area contributed by atoms with Crippen LogP contribution in [-0.2, 0) is 14.3 Å². The first kappa shape index (κ1) is 16.8. The van der Waals surface area contributed by atoms with E-state index in [4.69, 9.17) is 14.2 Å². The number of para-hydroxylation sites is 1. The number of rotatable bonds is 8. The first-order valence-corrected chi connectivity index (χ1v) is 7.82. The van der Waals surface area contributed by atoms with Crippen LogP contribution in [0.25, 0.3) is 0 Å². The Hall–Kier alpha value is -1.59. The summed E-state index contributed by atoms with van der Waals surface area (Å²) in [5.41, 5.74) is 0.971. The quantitative estimate of drug-likeness (QED) is 0.750. The van der Waals surface area contributed by atoms with Gasteiger partial charge in [0.1, 0.15) is 5.75 Å². The van der Waals surface area contributed by atoms with E-state index in [0.29, 0.717) is 19.6 Å². The van der Waals surface area contributed by atoms with E-state index in [-0.39, 0.29) is 18.1 Å². The summed E-state index contributed by atoms with van der Waals surface area (Å²) in [7, 11) is 1.63. The number of benzene rings is 1. The van der Waals surface area contributed by atoms with Crippen LogP contribution in [0.2, 0.25) is 0 Å². The largest absolute Gasteiger partial charge is 0.496 e. The number of nitrogens with one attached hydrogen (secondary N) is 1. The fraction of sp³-hybridized carbons (Fsp3) is 0.588. The summed E-state index contributed by atoms with van der Waals surface area (Å²) in [6, 6.07) is 7.60. The molecule has 0 saturated carbocycles. The number of hydrogen-bond donors (Lipinski definition) is 1. The molecule has 0 radical (unpaired) electrons. The summed E-state index contributed by atoms with van der Waals surface area (Å²) in [6.07, 6.45) is 2.71. The van der Waals surface area contributed by atoms with Gasteiger partial charge in [-0.05, 0) is 25.8 Å².